The van der Waals surface area contributed by atoms with Crippen molar-refractivity contribution >= 4 is 46.5 Å². The second-order valence-electron chi connectivity index (χ2n) is 11.6. The first kappa shape index (κ1) is 26.5. The van der Waals surface area contributed by atoms with Gasteiger partial charge in [0.25, 0.3) is 0 Å². The average Bonchev–Trinajstić information content (AvgIpc) is 3.38. The number of nitrogens with zero attached hydrogens (tertiary/aromatic N) is 4. The highest BCUT2D eigenvalue weighted by Crippen LogP contribution is 2.41. The van der Waals surface area contributed by atoms with Gasteiger partial charge in [-0.25, -0.2) is 0 Å². The maximum absolute atomic E-state index is 6.35. The van der Waals surface area contributed by atoms with Crippen LogP contribution in [-0.2, 0) is 5.41 Å². The van der Waals surface area contributed by atoms with Crippen molar-refractivity contribution in [2.75, 3.05) is 47.8 Å². The molecule has 5 rings (SSSR count). The highest BCUT2D eigenvalue weighted by molar-refractivity contribution is 7.80. The molecule has 8 heteroatoms. The maximum atomic E-state index is 6.35. The van der Waals surface area contributed by atoms with Crippen LogP contribution < -0.4 is 20.4 Å². The van der Waals surface area contributed by atoms with E-state index in [0.29, 0.717) is 22.9 Å². The first-order valence-corrected chi connectivity index (χ1v) is 14.9. The number of halogens is 1. The third-order valence-corrected chi connectivity index (χ3v) is 8.86. The van der Waals surface area contributed by atoms with Crippen LogP contribution in [-0.4, -0.2) is 47.8 Å². The van der Waals surface area contributed by atoms with Crippen molar-refractivity contribution in [1.82, 2.24) is 15.3 Å². The molecule has 3 heterocycles. The van der Waals surface area contributed by atoms with Crippen LogP contribution in [0.3, 0.4) is 0 Å². The molecule has 0 spiro atoms. The van der Waals surface area contributed by atoms with Crippen LogP contribution in [0.2, 0.25) is 5.02 Å². The molecule has 0 bridgehead atoms. The lowest BCUT2D eigenvalue weighted by molar-refractivity contribution is 0.355. The summed E-state index contributed by atoms with van der Waals surface area (Å²) in [6, 6.07) is 10.5. The van der Waals surface area contributed by atoms with E-state index in [1.54, 1.807) is 0 Å². The predicted octanol–water partition coefficient (Wildman–Crippen LogP) is 6.40. The Morgan fingerprint density at radius 1 is 0.973 bits per heavy atom. The SMILES string of the molecule is C[C@@H]1C[C@H](C)CN(c2cc(N3CCCCC3)nc(NC(=S)NCC3(c4cccc(Cl)c4)CCCC3)n2)C1. The van der Waals surface area contributed by atoms with Crippen LogP contribution in [0, 0.1) is 11.8 Å². The first-order chi connectivity index (χ1) is 17.9. The Bertz CT molecular complexity index is 1070. The average molecular weight is 541 g/mol. The topological polar surface area (TPSA) is 56.3 Å². The number of rotatable bonds is 6. The maximum Gasteiger partial charge on any atom is 0.232 e. The molecule has 1 saturated carbocycles. The lowest BCUT2D eigenvalue weighted by atomic mass is 9.79. The van der Waals surface area contributed by atoms with Gasteiger partial charge in [-0.1, -0.05) is 50.4 Å². The van der Waals surface area contributed by atoms with Crippen molar-refractivity contribution in [3.63, 3.8) is 0 Å². The highest BCUT2D eigenvalue weighted by atomic mass is 35.5. The van der Waals surface area contributed by atoms with E-state index in [2.05, 4.69) is 58.5 Å². The quantitative estimate of drug-likeness (QED) is 0.411. The molecule has 0 radical (unpaired) electrons. The standard InChI is InChI=1S/C29H41ClN6S/c1-21-15-22(2)19-36(18-21)26-17-25(35-13-6-3-7-14-35)32-27(33-26)34-28(37)31-20-29(11-4-5-12-29)23-9-8-10-24(30)16-23/h8-10,16-17,21-22H,3-7,11-15,18-20H2,1-2H3,(H2,31,32,33,34,37)/t21-,22+. The van der Waals surface area contributed by atoms with E-state index in [-0.39, 0.29) is 5.41 Å². The summed E-state index contributed by atoms with van der Waals surface area (Å²) in [6.07, 6.45) is 9.73. The third-order valence-electron chi connectivity index (χ3n) is 8.38. The zero-order valence-electron chi connectivity index (χ0n) is 22.3. The van der Waals surface area contributed by atoms with Gasteiger partial charge in [-0.05, 0) is 80.3 Å². The van der Waals surface area contributed by atoms with Gasteiger partial charge in [0.15, 0.2) is 5.11 Å². The summed E-state index contributed by atoms with van der Waals surface area (Å²) in [4.78, 5) is 14.7. The molecular weight excluding hydrogens is 500 g/mol. The zero-order chi connectivity index (χ0) is 25.8. The zero-order valence-corrected chi connectivity index (χ0v) is 23.9. The fourth-order valence-corrected chi connectivity index (χ4v) is 6.96. The van der Waals surface area contributed by atoms with Crippen molar-refractivity contribution in [3.8, 4) is 0 Å². The second-order valence-corrected chi connectivity index (χ2v) is 12.5. The number of aromatic nitrogens is 2. The monoisotopic (exact) mass is 540 g/mol. The van der Waals surface area contributed by atoms with Gasteiger partial charge < -0.3 is 20.4 Å². The molecule has 6 nitrogen and oxygen atoms in total. The highest BCUT2D eigenvalue weighted by Gasteiger charge is 2.36. The van der Waals surface area contributed by atoms with Gasteiger partial charge in [-0.2, -0.15) is 9.97 Å². The normalized spacial score (nSPS) is 23.6. The molecule has 2 saturated heterocycles. The molecule has 2 aliphatic heterocycles. The van der Waals surface area contributed by atoms with E-state index in [9.17, 15) is 0 Å². The van der Waals surface area contributed by atoms with Crippen LogP contribution in [0.1, 0.15) is 70.8 Å². The molecule has 2 aromatic rings. The van der Waals surface area contributed by atoms with Crippen molar-refractivity contribution in [2.45, 2.75) is 70.6 Å². The van der Waals surface area contributed by atoms with Crippen LogP contribution in [0.25, 0.3) is 0 Å². The van der Waals surface area contributed by atoms with Crippen molar-refractivity contribution < 1.29 is 0 Å². The summed E-state index contributed by atoms with van der Waals surface area (Å²) in [5.74, 6) is 3.91. The summed E-state index contributed by atoms with van der Waals surface area (Å²) < 4.78 is 0. The molecule has 2 N–H and O–H groups in total. The lowest BCUT2D eigenvalue weighted by Crippen LogP contribution is -2.41. The Morgan fingerprint density at radius 3 is 2.32 bits per heavy atom. The van der Waals surface area contributed by atoms with E-state index in [4.69, 9.17) is 33.8 Å². The Balaban J connectivity index is 1.33. The van der Waals surface area contributed by atoms with E-state index in [1.807, 2.05) is 6.07 Å². The minimum atomic E-state index is 0.0540. The van der Waals surface area contributed by atoms with Crippen LogP contribution in [0.5, 0.6) is 0 Å². The minimum absolute atomic E-state index is 0.0540. The number of benzene rings is 1. The number of anilines is 3. The van der Waals surface area contributed by atoms with E-state index in [0.717, 1.165) is 62.2 Å². The summed E-state index contributed by atoms with van der Waals surface area (Å²) in [5, 5.41) is 8.23. The van der Waals surface area contributed by atoms with Gasteiger partial charge in [-0.15, -0.1) is 0 Å². The molecule has 2 atom stereocenters. The molecule has 0 unspecified atom stereocenters. The summed E-state index contributed by atoms with van der Waals surface area (Å²) in [6.45, 7) is 9.62. The number of thiocarbonyl (C=S) groups is 1. The Morgan fingerprint density at radius 2 is 1.65 bits per heavy atom. The summed E-state index contributed by atoms with van der Waals surface area (Å²) >= 11 is 12.1. The number of piperidine rings is 2. The summed E-state index contributed by atoms with van der Waals surface area (Å²) in [5.41, 5.74) is 1.35. The fraction of sp³-hybridized carbons (Fsp3) is 0.621. The Labute approximate surface area is 232 Å². The lowest BCUT2D eigenvalue weighted by Gasteiger charge is -2.36. The van der Waals surface area contributed by atoms with Crippen LogP contribution in [0.15, 0.2) is 30.3 Å². The minimum Gasteiger partial charge on any atom is -0.361 e. The Kier molecular flexibility index (Phi) is 8.40. The Hall–Kier alpha value is -2.12. The van der Waals surface area contributed by atoms with Crippen molar-refractivity contribution in [2.24, 2.45) is 11.8 Å². The van der Waals surface area contributed by atoms with Crippen LogP contribution >= 0.6 is 23.8 Å². The van der Waals surface area contributed by atoms with Gasteiger partial charge in [0.1, 0.15) is 11.6 Å². The number of hydrogen-bond donors (Lipinski definition) is 2. The molecule has 3 fully saturated rings. The van der Waals surface area contributed by atoms with E-state index in [1.165, 1.54) is 44.1 Å². The molecule has 37 heavy (non-hydrogen) atoms. The molecule has 1 aromatic carbocycles. The summed E-state index contributed by atoms with van der Waals surface area (Å²) in [7, 11) is 0. The number of nitrogens with one attached hydrogen (secondary N) is 2. The first-order valence-electron chi connectivity index (χ1n) is 14.1. The van der Waals surface area contributed by atoms with Crippen molar-refractivity contribution in [3.05, 3.63) is 40.9 Å². The predicted molar refractivity (Wildman–Crippen MR) is 159 cm³/mol. The van der Waals surface area contributed by atoms with Gasteiger partial charge in [0.05, 0.1) is 0 Å². The molecule has 1 aromatic heterocycles. The third kappa shape index (κ3) is 6.48. The van der Waals surface area contributed by atoms with E-state index < -0.39 is 0 Å². The van der Waals surface area contributed by atoms with E-state index >= 15 is 0 Å². The molecule has 0 amide bonds. The van der Waals surface area contributed by atoms with Crippen molar-refractivity contribution in [1.29, 1.82) is 0 Å². The van der Waals surface area contributed by atoms with Crippen LogP contribution in [0.4, 0.5) is 17.6 Å². The smallest absolute Gasteiger partial charge is 0.232 e. The number of hydrogen-bond acceptors (Lipinski definition) is 5. The van der Waals surface area contributed by atoms with Gasteiger partial charge in [0.2, 0.25) is 5.95 Å². The van der Waals surface area contributed by atoms with Gasteiger partial charge in [-0.3, -0.25) is 0 Å². The molecule has 3 aliphatic rings. The molecular formula is C29H41ClN6S. The fourth-order valence-electron chi connectivity index (χ4n) is 6.61. The van der Waals surface area contributed by atoms with Gasteiger partial charge >= 0.3 is 0 Å². The molecule has 1 aliphatic carbocycles. The second kappa shape index (κ2) is 11.7. The largest absolute Gasteiger partial charge is 0.361 e. The molecule has 200 valence electrons. The van der Waals surface area contributed by atoms with Gasteiger partial charge in [0, 0.05) is 49.2 Å².